The molecule has 2 fully saturated rings. The van der Waals surface area contributed by atoms with Crippen LogP contribution in [-0.4, -0.2) is 24.4 Å². The molecule has 0 aromatic heterocycles. The first-order valence-corrected chi connectivity index (χ1v) is 8.13. The van der Waals surface area contributed by atoms with Crippen molar-refractivity contribution in [3.05, 3.63) is 35.4 Å². The van der Waals surface area contributed by atoms with Gasteiger partial charge in [-0.05, 0) is 42.7 Å². The second-order valence-corrected chi connectivity index (χ2v) is 6.57. The summed E-state index contributed by atoms with van der Waals surface area (Å²) in [6, 6.07) is 8.10. The van der Waals surface area contributed by atoms with E-state index in [9.17, 15) is 5.11 Å². The Morgan fingerprint density at radius 1 is 1.33 bits per heavy atom. The van der Waals surface area contributed by atoms with Gasteiger partial charge in [-0.3, -0.25) is 0 Å². The van der Waals surface area contributed by atoms with Crippen LogP contribution in [0.25, 0.3) is 0 Å². The minimum atomic E-state index is -0.405. The Morgan fingerprint density at radius 3 is 2.86 bits per heavy atom. The van der Waals surface area contributed by atoms with Gasteiger partial charge in [0.25, 0.3) is 0 Å². The zero-order chi connectivity index (χ0) is 14.7. The number of aliphatic hydroxyl groups is 1. The molecule has 1 saturated carbocycles. The zero-order valence-electron chi connectivity index (χ0n) is 12.9. The number of ether oxygens (including phenoxy) is 2. The van der Waals surface area contributed by atoms with E-state index < -0.39 is 6.10 Å². The molecule has 1 saturated heterocycles. The fourth-order valence-corrected chi connectivity index (χ4v) is 4.07. The molecule has 2 aliphatic rings. The summed E-state index contributed by atoms with van der Waals surface area (Å²) in [7, 11) is 1.70. The number of hydrogen-bond acceptors (Lipinski definition) is 3. The average molecular weight is 290 g/mol. The lowest BCUT2D eigenvalue weighted by Gasteiger charge is -2.40. The summed E-state index contributed by atoms with van der Waals surface area (Å²) in [6.07, 6.45) is 6.40. The van der Waals surface area contributed by atoms with E-state index in [4.69, 9.17) is 9.47 Å². The van der Waals surface area contributed by atoms with Gasteiger partial charge in [-0.25, -0.2) is 0 Å². The molecule has 2 atom stereocenters. The number of rotatable bonds is 4. The molecule has 2 unspecified atom stereocenters. The molecule has 1 heterocycles. The van der Waals surface area contributed by atoms with Gasteiger partial charge in [-0.1, -0.05) is 37.1 Å². The predicted molar refractivity (Wildman–Crippen MR) is 82.0 cm³/mol. The molecular formula is C18H26O3. The molecule has 1 aliphatic carbocycles. The fraction of sp³-hybridized carbons (Fsp3) is 0.667. The molecule has 0 radical (unpaired) electrons. The Bertz CT molecular complexity index is 465. The van der Waals surface area contributed by atoms with Gasteiger partial charge in [0.05, 0.1) is 18.3 Å². The predicted octanol–water partition coefficient (Wildman–Crippen LogP) is 3.61. The smallest absolute Gasteiger partial charge is 0.0823 e. The molecule has 3 rings (SSSR count). The minimum absolute atomic E-state index is 0.0557. The van der Waals surface area contributed by atoms with E-state index in [1.165, 1.54) is 12.8 Å². The van der Waals surface area contributed by atoms with Crippen LogP contribution in [0.1, 0.15) is 55.8 Å². The molecule has 0 amide bonds. The normalized spacial score (nSPS) is 26.1. The van der Waals surface area contributed by atoms with Crippen molar-refractivity contribution in [2.45, 2.75) is 56.8 Å². The molecule has 21 heavy (non-hydrogen) atoms. The highest BCUT2D eigenvalue weighted by Gasteiger charge is 2.42. The quantitative estimate of drug-likeness (QED) is 0.920. The van der Waals surface area contributed by atoms with Gasteiger partial charge in [-0.2, -0.15) is 0 Å². The Morgan fingerprint density at radius 2 is 2.10 bits per heavy atom. The molecule has 0 bridgehead atoms. The zero-order valence-corrected chi connectivity index (χ0v) is 12.9. The Hall–Kier alpha value is -0.900. The van der Waals surface area contributed by atoms with Crippen LogP contribution in [0.5, 0.6) is 0 Å². The third-order valence-corrected chi connectivity index (χ3v) is 5.17. The van der Waals surface area contributed by atoms with Crippen molar-refractivity contribution in [2.24, 2.45) is 5.92 Å². The minimum Gasteiger partial charge on any atom is -0.388 e. The Kier molecular flexibility index (Phi) is 4.63. The topological polar surface area (TPSA) is 38.7 Å². The monoisotopic (exact) mass is 290 g/mol. The molecule has 3 heteroatoms. The maximum atomic E-state index is 10.9. The summed E-state index contributed by atoms with van der Waals surface area (Å²) in [5.41, 5.74) is 2.18. The lowest BCUT2D eigenvalue weighted by atomic mass is 9.79. The molecule has 1 spiro atoms. The van der Waals surface area contributed by atoms with E-state index in [0.717, 1.165) is 43.4 Å². The second kappa shape index (κ2) is 6.47. The maximum absolute atomic E-state index is 10.9. The van der Waals surface area contributed by atoms with Crippen LogP contribution in [0, 0.1) is 5.92 Å². The molecular weight excluding hydrogens is 264 g/mol. The van der Waals surface area contributed by atoms with Crippen LogP contribution in [-0.2, 0) is 16.1 Å². The molecule has 3 nitrogen and oxygen atoms in total. The Labute approximate surface area is 127 Å². The van der Waals surface area contributed by atoms with E-state index in [1.54, 1.807) is 7.11 Å². The molecule has 1 aromatic rings. The standard InChI is InChI=1S/C18H26O3/c1-20-13-15-6-2-3-7-16(15)17(19)14-8-11-21-18(12-14)9-4-5-10-18/h2-3,6-7,14,17,19H,4-5,8-13H2,1H3. The van der Waals surface area contributed by atoms with Crippen molar-refractivity contribution < 1.29 is 14.6 Å². The average Bonchev–Trinajstić information content (AvgIpc) is 2.95. The number of methoxy groups -OCH3 is 1. The molecule has 1 N–H and O–H groups in total. The third-order valence-electron chi connectivity index (χ3n) is 5.17. The highest BCUT2D eigenvalue weighted by atomic mass is 16.5. The van der Waals surface area contributed by atoms with Crippen LogP contribution in [0.2, 0.25) is 0 Å². The molecule has 1 aromatic carbocycles. The van der Waals surface area contributed by atoms with Gasteiger partial charge in [0.15, 0.2) is 0 Å². The van der Waals surface area contributed by atoms with E-state index in [-0.39, 0.29) is 5.60 Å². The van der Waals surface area contributed by atoms with Crippen LogP contribution >= 0.6 is 0 Å². The van der Waals surface area contributed by atoms with Gasteiger partial charge in [0, 0.05) is 13.7 Å². The van der Waals surface area contributed by atoms with E-state index in [1.807, 2.05) is 24.3 Å². The lowest BCUT2D eigenvalue weighted by molar-refractivity contribution is -0.113. The van der Waals surface area contributed by atoms with E-state index >= 15 is 0 Å². The number of benzene rings is 1. The summed E-state index contributed by atoms with van der Waals surface area (Å²) in [5.74, 6) is 0.301. The highest BCUT2D eigenvalue weighted by molar-refractivity contribution is 5.29. The van der Waals surface area contributed by atoms with Crippen LogP contribution in [0.15, 0.2) is 24.3 Å². The van der Waals surface area contributed by atoms with Crippen molar-refractivity contribution in [2.75, 3.05) is 13.7 Å². The van der Waals surface area contributed by atoms with E-state index in [2.05, 4.69) is 0 Å². The van der Waals surface area contributed by atoms with Crippen LogP contribution < -0.4 is 0 Å². The summed E-state index contributed by atoms with van der Waals surface area (Å²) in [6.45, 7) is 1.34. The fourth-order valence-electron chi connectivity index (χ4n) is 4.07. The van der Waals surface area contributed by atoms with Gasteiger partial charge in [0.2, 0.25) is 0 Å². The first kappa shape index (κ1) is 15.0. The van der Waals surface area contributed by atoms with Crippen molar-refractivity contribution in [1.82, 2.24) is 0 Å². The van der Waals surface area contributed by atoms with Crippen molar-refractivity contribution in [1.29, 1.82) is 0 Å². The number of aliphatic hydroxyl groups excluding tert-OH is 1. The largest absolute Gasteiger partial charge is 0.388 e. The van der Waals surface area contributed by atoms with Crippen molar-refractivity contribution in [3.63, 3.8) is 0 Å². The second-order valence-electron chi connectivity index (χ2n) is 6.57. The lowest BCUT2D eigenvalue weighted by Crippen LogP contribution is -2.39. The molecule has 1 aliphatic heterocycles. The van der Waals surface area contributed by atoms with Crippen LogP contribution in [0.4, 0.5) is 0 Å². The van der Waals surface area contributed by atoms with E-state index in [0.29, 0.717) is 12.5 Å². The summed E-state index contributed by atoms with van der Waals surface area (Å²) >= 11 is 0. The maximum Gasteiger partial charge on any atom is 0.0823 e. The first-order chi connectivity index (χ1) is 10.2. The van der Waals surface area contributed by atoms with Gasteiger partial charge >= 0.3 is 0 Å². The summed E-state index contributed by atoms with van der Waals surface area (Å²) < 4.78 is 11.3. The molecule has 116 valence electrons. The number of hydrogen-bond donors (Lipinski definition) is 1. The first-order valence-electron chi connectivity index (χ1n) is 8.13. The summed E-state index contributed by atoms with van der Waals surface area (Å²) in [5, 5.41) is 10.9. The third kappa shape index (κ3) is 3.15. The SMILES string of the molecule is COCc1ccccc1C(O)C1CCOC2(CCCC2)C1. The highest BCUT2D eigenvalue weighted by Crippen LogP contribution is 2.45. The Balaban J connectivity index is 1.76. The van der Waals surface area contributed by atoms with Gasteiger partial charge < -0.3 is 14.6 Å². The van der Waals surface area contributed by atoms with Gasteiger partial charge in [0.1, 0.15) is 0 Å². The van der Waals surface area contributed by atoms with Crippen LogP contribution in [0.3, 0.4) is 0 Å². The summed E-state index contributed by atoms with van der Waals surface area (Å²) in [4.78, 5) is 0. The van der Waals surface area contributed by atoms with Gasteiger partial charge in [-0.15, -0.1) is 0 Å². The van der Waals surface area contributed by atoms with Crippen molar-refractivity contribution in [3.8, 4) is 0 Å². The van der Waals surface area contributed by atoms with Crippen molar-refractivity contribution >= 4 is 0 Å².